The minimum atomic E-state index is -4.91. The van der Waals surface area contributed by atoms with E-state index in [2.05, 4.69) is 4.90 Å². The van der Waals surface area contributed by atoms with E-state index in [0.717, 1.165) is 50.2 Å². The lowest BCUT2D eigenvalue weighted by atomic mass is 9.79. The SMILES string of the molecule is C[C@@H](O[C@H]1OCC[C@H](CCN2CCCCC2)[C@H]1c1ccccc1)c1cc(C(F)(F)F)cc(C(F)(F)F)c1.Cl. The van der Waals surface area contributed by atoms with Crippen molar-refractivity contribution in [2.75, 3.05) is 26.2 Å². The number of alkyl halides is 6. The van der Waals surface area contributed by atoms with Crippen molar-refractivity contribution in [3.8, 4) is 0 Å². The average Bonchev–Trinajstić information content (AvgIpc) is 2.87. The molecule has 0 N–H and O–H groups in total. The molecular weight excluding hydrogens is 532 g/mol. The maximum absolute atomic E-state index is 13.4. The van der Waals surface area contributed by atoms with Gasteiger partial charge in [0.05, 0.1) is 23.8 Å². The smallest absolute Gasteiger partial charge is 0.352 e. The van der Waals surface area contributed by atoms with E-state index < -0.39 is 35.9 Å². The quantitative estimate of drug-likeness (QED) is 0.316. The van der Waals surface area contributed by atoms with Crippen LogP contribution in [0.2, 0.25) is 0 Å². The third-order valence-corrected chi connectivity index (χ3v) is 7.44. The van der Waals surface area contributed by atoms with Gasteiger partial charge in [0.2, 0.25) is 0 Å². The zero-order valence-electron chi connectivity index (χ0n) is 21.2. The minimum Gasteiger partial charge on any atom is -0.352 e. The van der Waals surface area contributed by atoms with E-state index in [1.807, 2.05) is 30.3 Å². The van der Waals surface area contributed by atoms with E-state index in [1.54, 1.807) is 0 Å². The Labute approximate surface area is 225 Å². The van der Waals surface area contributed by atoms with Crippen molar-refractivity contribution >= 4 is 12.4 Å². The van der Waals surface area contributed by atoms with E-state index in [1.165, 1.54) is 26.2 Å². The predicted molar refractivity (Wildman–Crippen MR) is 135 cm³/mol. The summed E-state index contributed by atoms with van der Waals surface area (Å²) in [4.78, 5) is 2.46. The fraction of sp³-hybridized carbons (Fsp3) is 0.571. The molecule has 212 valence electrons. The van der Waals surface area contributed by atoms with Crippen LogP contribution < -0.4 is 0 Å². The molecule has 0 unspecified atom stereocenters. The first kappa shape index (κ1) is 30.7. The Bertz CT molecular complexity index is 978. The Balaban J connectivity index is 0.00000400. The summed E-state index contributed by atoms with van der Waals surface area (Å²) in [5.41, 5.74) is -1.90. The van der Waals surface area contributed by atoms with Crippen LogP contribution in [0.25, 0.3) is 0 Å². The summed E-state index contributed by atoms with van der Waals surface area (Å²) < 4.78 is 92.5. The van der Waals surface area contributed by atoms with Gasteiger partial charge in [0.1, 0.15) is 0 Å². The zero-order chi connectivity index (χ0) is 26.6. The topological polar surface area (TPSA) is 21.7 Å². The van der Waals surface area contributed by atoms with E-state index in [0.29, 0.717) is 6.61 Å². The third kappa shape index (κ3) is 7.87. The molecule has 0 spiro atoms. The standard InChI is InChI=1S/C28H33F6NO2.ClH/c1-19(22-16-23(27(29,30)31)18-24(17-22)28(32,33)34)37-26-25(20-8-4-2-5-9-20)21(11-15-36-26)10-14-35-12-6-3-7-13-35;/h2,4-5,8-9,16-19,21,25-26H,3,6-7,10-15H2,1H3;1H/t19-,21+,25-,26-;/m1./s1. The molecule has 2 aromatic rings. The maximum Gasteiger partial charge on any atom is 0.416 e. The van der Waals surface area contributed by atoms with Gasteiger partial charge in [-0.15, -0.1) is 12.4 Å². The first-order chi connectivity index (χ1) is 17.5. The minimum absolute atomic E-state index is 0. The molecule has 0 aromatic heterocycles. The summed E-state index contributed by atoms with van der Waals surface area (Å²) in [6.07, 6.45) is -6.30. The monoisotopic (exact) mass is 565 g/mol. The summed E-state index contributed by atoms with van der Waals surface area (Å²) >= 11 is 0. The number of nitrogens with zero attached hydrogens (tertiary/aromatic N) is 1. The highest BCUT2D eigenvalue weighted by atomic mass is 35.5. The molecule has 2 aliphatic heterocycles. The van der Waals surface area contributed by atoms with Crippen molar-refractivity contribution in [1.29, 1.82) is 0 Å². The van der Waals surface area contributed by atoms with Gasteiger partial charge in [-0.3, -0.25) is 0 Å². The molecular formula is C28H34ClF6NO2. The number of rotatable bonds is 7. The largest absolute Gasteiger partial charge is 0.416 e. The highest BCUT2D eigenvalue weighted by Gasteiger charge is 2.40. The molecule has 0 amide bonds. The first-order valence-corrected chi connectivity index (χ1v) is 12.9. The van der Waals surface area contributed by atoms with Crippen molar-refractivity contribution in [3.05, 3.63) is 70.8 Å². The third-order valence-electron chi connectivity index (χ3n) is 7.44. The number of likely N-dealkylation sites (tertiary alicyclic amines) is 1. The van der Waals surface area contributed by atoms with Crippen molar-refractivity contribution < 1.29 is 35.8 Å². The number of halogens is 7. The Morgan fingerprint density at radius 1 is 0.921 bits per heavy atom. The van der Waals surface area contributed by atoms with Crippen LogP contribution >= 0.6 is 12.4 Å². The lowest BCUT2D eigenvalue weighted by Gasteiger charge is -2.40. The van der Waals surface area contributed by atoms with Gasteiger partial charge in [-0.25, -0.2) is 0 Å². The van der Waals surface area contributed by atoms with Gasteiger partial charge in [0.25, 0.3) is 0 Å². The molecule has 10 heteroatoms. The molecule has 4 atom stereocenters. The normalized spacial score (nSPS) is 24.0. The number of hydrogen-bond donors (Lipinski definition) is 0. The molecule has 0 radical (unpaired) electrons. The molecule has 0 bridgehead atoms. The molecule has 2 aliphatic rings. The fourth-order valence-electron chi connectivity index (χ4n) is 5.42. The van der Waals surface area contributed by atoms with Crippen molar-refractivity contribution in [2.24, 2.45) is 5.92 Å². The number of piperidine rings is 1. The van der Waals surface area contributed by atoms with E-state index in [9.17, 15) is 26.3 Å². The molecule has 3 nitrogen and oxygen atoms in total. The Kier molecular flexibility index (Phi) is 10.5. The molecule has 2 fully saturated rings. The van der Waals surface area contributed by atoms with Gasteiger partial charge in [-0.2, -0.15) is 26.3 Å². The predicted octanol–water partition coefficient (Wildman–Crippen LogP) is 8.25. The van der Waals surface area contributed by atoms with E-state index >= 15 is 0 Å². The van der Waals surface area contributed by atoms with E-state index in [-0.39, 0.29) is 35.9 Å². The summed E-state index contributed by atoms with van der Waals surface area (Å²) in [6.45, 7) is 4.99. The Morgan fingerprint density at radius 3 is 2.11 bits per heavy atom. The Hall–Kier alpha value is -1.81. The van der Waals surface area contributed by atoms with E-state index in [4.69, 9.17) is 9.47 Å². The van der Waals surface area contributed by atoms with Crippen LogP contribution in [0, 0.1) is 5.92 Å². The van der Waals surface area contributed by atoms with Crippen LogP contribution in [0.3, 0.4) is 0 Å². The molecule has 2 heterocycles. The van der Waals surface area contributed by atoms with Crippen LogP contribution in [-0.4, -0.2) is 37.4 Å². The first-order valence-electron chi connectivity index (χ1n) is 12.9. The molecule has 0 saturated carbocycles. The second-order valence-electron chi connectivity index (χ2n) is 10.0. The second kappa shape index (κ2) is 13.0. The molecule has 0 aliphatic carbocycles. The van der Waals surface area contributed by atoms with Crippen molar-refractivity contribution in [3.63, 3.8) is 0 Å². The van der Waals surface area contributed by atoms with Crippen LogP contribution in [0.1, 0.15) is 73.3 Å². The second-order valence-corrected chi connectivity index (χ2v) is 10.0. The van der Waals surface area contributed by atoms with Crippen molar-refractivity contribution in [1.82, 2.24) is 4.90 Å². The number of ether oxygens (including phenoxy) is 2. The molecule has 2 saturated heterocycles. The summed E-state index contributed by atoms with van der Waals surface area (Å²) in [6, 6.07) is 11.3. The van der Waals surface area contributed by atoms with Gasteiger partial charge >= 0.3 is 12.4 Å². The van der Waals surface area contributed by atoms with Crippen molar-refractivity contribution in [2.45, 2.75) is 69.7 Å². The fourth-order valence-corrected chi connectivity index (χ4v) is 5.42. The van der Waals surface area contributed by atoms with Crippen LogP contribution in [0.4, 0.5) is 26.3 Å². The lowest BCUT2D eigenvalue weighted by molar-refractivity contribution is -0.210. The van der Waals surface area contributed by atoms with Crippen LogP contribution in [0.5, 0.6) is 0 Å². The van der Waals surface area contributed by atoms with Gasteiger partial charge < -0.3 is 14.4 Å². The Morgan fingerprint density at radius 2 is 1.53 bits per heavy atom. The van der Waals surface area contributed by atoms with Gasteiger partial charge in [-0.1, -0.05) is 36.8 Å². The summed E-state index contributed by atoms with van der Waals surface area (Å²) in [7, 11) is 0. The highest BCUT2D eigenvalue weighted by Crippen LogP contribution is 2.42. The van der Waals surface area contributed by atoms with Gasteiger partial charge in [0, 0.05) is 5.92 Å². The molecule has 4 rings (SSSR count). The number of hydrogen-bond acceptors (Lipinski definition) is 3. The highest BCUT2D eigenvalue weighted by molar-refractivity contribution is 5.85. The van der Waals surface area contributed by atoms with Gasteiger partial charge in [-0.05, 0) is 87.5 Å². The average molecular weight is 566 g/mol. The zero-order valence-corrected chi connectivity index (χ0v) is 22.0. The summed E-state index contributed by atoms with van der Waals surface area (Å²) in [5.74, 6) is 0.0256. The van der Waals surface area contributed by atoms with Crippen LogP contribution in [0.15, 0.2) is 48.5 Å². The van der Waals surface area contributed by atoms with Gasteiger partial charge in [0.15, 0.2) is 6.29 Å². The molecule has 2 aromatic carbocycles. The maximum atomic E-state index is 13.4. The summed E-state index contributed by atoms with van der Waals surface area (Å²) in [5, 5.41) is 0. The van der Waals surface area contributed by atoms with Crippen LogP contribution in [-0.2, 0) is 21.8 Å². The lowest BCUT2D eigenvalue weighted by Crippen LogP contribution is -2.39. The molecule has 38 heavy (non-hydrogen) atoms. The number of benzene rings is 2.